The summed E-state index contributed by atoms with van der Waals surface area (Å²) in [6.07, 6.45) is 0. The molecule has 0 aliphatic carbocycles. The first-order valence-electron chi connectivity index (χ1n) is 8.86. The highest BCUT2D eigenvalue weighted by Gasteiger charge is 2.59. The second kappa shape index (κ2) is 7.50. The summed E-state index contributed by atoms with van der Waals surface area (Å²) in [6.45, 7) is 1.77. The molecular weight excluding hydrogens is 417 g/mol. The lowest BCUT2D eigenvalue weighted by Gasteiger charge is -2.22. The molecule has 2 aliphatic rings. The van der Waals surface area contributed by atoms with E-state index in [4.69, 9.17) is 27.9 Å². The monoisotopic (exact) mass is 431 g/mol. The fraction of sp³-hybridized carbons (Fsp3) is 0.200. The Morgan fingerprint density at radius 2 is 1.76 bits per heavy atom. The molecule has 0 unspecified atom stereocenters. The SMILES string of the molecule is CCOC(=O)C1=NN(c2ccc(Cl)cc2)[C@@H]2C(=O)N(c3ccccc3Cl)C(=O)[C@H]12. The number of esters is 1. The average molecular weight is 432 g/mol. The van der Waals surface area contributed by atoms with Gasteiger partial charge in [0.1, 0.15) is 12.0 Å². The third kappa shape index (κ3) is 3.16. The van der Waals surface area contributed by atoms with Gasteiger partial charge in [-0.05, 0) is 43.3 Å². The van der Waals surface area contributed by atoms with Crippen molar-refractivity contribution in [3.05, 3.63) is 58.6 Å². The lowest BCUT2D eigenvalue weighted by molar-refractivity contribution is -0.136. The number of anilines is 2. The van der Waals surface area contributed by atoms with E-state index >= 15 is 0 Å². The standard InChI is InChI=1S/C20H15Cl2N3O4/c1-2-29-20(28)16-15-17(25(23-16)12-9-7-11(21)8-10-12)19(27)24(18(15)26)14-6-4-3-5-13(14)22/h3-10,15,17H,2H2,1H3/t15-,17+/m1/s1. The molecule has 29 heavy (non-hydrogen) atoms. The molecule has 148 valence electrons. The maximum absolute atomic E-state index is 13.3. The number of para-hydroxylation sites is 1. The van der Waals surface area contributed by atoms with Crippen molar-refractivity contribution < 1.29 is 19.1 Å². The van der Waals surface area contributed by atoms with Gasteiger partial charge in [0.05, 0.1) is 23.0 Å². The molecule has 0 bridgehead atoms. The van der Waals surface area contributed by atoms with Crippen molar-refractivity contribution in [1.29, 1.82) is 0 Å². The summed E-state index contributed by atoms with van der Waals surface area (Å²) in [7, 11) is 0. The van der Waals surface area contributed by atoms with Crippen molar-refractivity contribution in [2.75, 3.05) is 16.5 Å². The Bertz CT molecular complexity index is 1040. The van der Waals surface area contributed by atoms with E-state index < -0.39 is 29.7 Å². The molecule has 2 amide bonds. The molecule has 1 fully saturated rings. The molecule has 7 nitrogen and oxygen atoms in total. The molecule has 2 atom stereocenters. The molecule has 0 radical (unpaired) electrons. The Morgan fingerprint density at radius 3 is 2.41 bits per heavy atom. The number of ether oxygens (including phenoxy) is 1. The summed E-state index contributed by atoms with van der Waals surface area (Å²) in [5, 5.41) is 6.40. The molecule has 9 heteroatoms. The van der Waals surface area contributed by atoms with E-state index in [1.54, 1.807) is 55.5 Å². The minimum Gasteiger partial charge on any atom is -0.461 e. The van der Waals surface area contributed by atoms with Crippen LogP contribution in [0.3, 0.4) is 0 Å². The zero-order valence-electron chi connectivity index (χ0n) is 15.2. The average Bonchev–Trinajstić information content (AvgIpc) is 3.21. The topological polar surface area (TPSA) is 79.3 Å². The van der Waals surface area contributed by atoms with Crippen LogP contribution in [0, 0.1) is 5.92 Å². The van der Waals surface area contributed by atoms with Gasteiger partial charge in [-0.25, -0.2) is 9.69 Å². The summed E-state index contributed by atoms with van der Waals surface area (Å²) in [5.41, 5.74) is 0.670. The van der Waals surface area contributed by atoms with E-state index in [-0.39, 0.29) is 23.0 Å². The van der Waals surface area contributed by atoms with Crippen LogP contribution in [0.4, 0.5) is 11.4 Å². The Labute approximate surface area is 176 Å². The molecule has 4 rings (SSSR count). The van der Waals surface area contributed by atoms with Crippen molar-refractivity contribution in [2.24, 2.45) is 11.0 Å². The minimum atomic E-state index is -1.09. The molecule has 2 aromatic rings. The van der Waals surface area contributed by atoms with Crippen LogP contribution in [0.1, 0.15) is 6.92 Å². The number of carbonyl (C=O) groups is 3. The highest BCUT2D eigenvalue weighted by Crippen LogP contribution is 2.40. The van der Waals surface area contributed by atoms with Crippen LogP contribution in [0.15, 0.2) is 53.6 Å². The van der Waals surface area contributed by atoms with Crippen LogP contribution in [0.2, 0.25) is 10.0 Å². The van der Waals surface area contributed by atoms with E-state index in [0.29, 0.717) is 10.7 Å². The van der Waals surface area contributed by atoms with E-state index in [1.807, 2.05) is 0 Å². The fourth-order valence-electron chi connectivity index (χ4n) is 3.47. The molecule has 0 aromatic heterocycles. The van der Waals surface area contributed by atoms with Gasteiger partial charge in [-0.3, -0.25) is 14.6 Å². The van der Waals surface area contributed by atoms with Crippen molar-refractivity contribution in [3.8, 4) is 0 Å². The van der Waals surface area contributed by atoms with Crippen molar-refractivity contribution in [1.82, 2.24) is 0 Å². The number of amides is 2. The number of hydrogen-bond acceptors (Lipinski definition) is 6. The lowest BCUT2D eigenvalue weighted by Crippen LogP contribution is -2.39. The van der Waals surface area contributed by atoms with Gasteiger partial charge in [0, 0.05) is 5.02 Å². The van der Waals surface area contributed by atoms with Crippen molar-refractivity contribution in [3.63, 3.8) is 0 Å². The number of rotatable bonds is 4. The van der Waals surface area contributed by atoms with Gasteiger partial charge in [-0.2, -0.15) is 5.10 Å². The summed E-state index contributed by atoms with van der Waals surface area (Å²) < 4.78 is 5.06. The number of hydrazone groups is 1. The molecule has 0 N–H and O–H groups in total. The quantitative estimate of drug-likeness (QED) is 0.547. The van der Waals surface area contributed by atoms with Crippen LogP contribution in [0.5, 0.6) is 0 Å². The second-order valence-corrected chi connectivity index (χ2v) is 7.26. The zero-order chi connectivity index (χ0) is 20.7. The molecular formula is C20H15Cl2N3O4. The summed E-state index contributed by atoms with van der Waals surface area (Å²) in [6, 6.07) is 12.1. The Balaban J connectivity index is 1.81. The summed E-state index contributed by atoms with van der Waals surface area (Å²) in [5.74, 6) is -2.92. The fourth-order valence-corrected chi connectivity index (χ4v) is 3.81. The molecule has 2 aromatic carbocycles. The number of hydrogen-bond donors (Lipinski definition) is 0. The number of carbonyl (C=O) groups excluding carboxylic acids is 3. The number of benzene rings is 2. The molecule has 2 aliphatic heterocycles. The van der Waals surface area contributed by atoms with E-state index in [2.05, 4.69) is 5.10 Å². The van der Waals surface area contributed by atoms with Crippen LogP contribution in [-0.4, -0.2) is 36.1 Å². The first-order chi connectivity index (χ1) is 13.9. The van der Waals surface area contributed by atoms with Crippen molar-refractivity contribution in [2.45, 2.75) is 13.0 Å². The number of halogens is 2. The highest BCUT2D eigenvalue weighted by molar-refractivity contribution is 6.48. The maximum Gasteiger partial charge on any atom is 0.355 e. The smallest absolute Gasteiger partial charge is 0.355 e. The first-order valence-corrected chi connectivity index (χ1v) is 9.62. The number of imide groups is 1. The minimum absolute atomic E-state index is 0.111. The summed E-state index contributed by atoms with van der Waals surface area (Å²) in [4.78, 5) is 40.0. The third-order valence-corrected chi connectivity index (χ3v) is 5.29. The van der Waals surface area contributed by atoms with Crippen LogP contribution < -0.4 is 9.91 Å². The second-order valence-electron chi connectivity index (χ2n) is 6.41. The molecule has 0 spiro atoms. The molecule has 0 saturated carbocycles. The van der Waals surface area contributed by atoms with Crippen LogP contribution >= 0.6 is 23.2 Å². The van der Waals surface area contributed by atoms with Crippen LogP contribution in [0.25, 0.3) is 0 Å². The third-order valence-electron chi connectivity index (χ3n) is 4.72. The normalized spacial score (nSPS) is 20.7. The maximum atomic E-state index is 13.3. The van der Waals surface area contributed by atoms with Gasteiger partial charge in [0.2, 0.25) is 5.91 Å². The predicted octanol–water partition coefficient (Wildman–Crippen LogP) is 3.29. The van der Waals surface area contributed by atoms with Gasteiger partial charge >= 0.3 is 5.97 Å². The lowest BCUT2D eigenvalue weighted by atomic mass is 9.98. The van der Waals surface area contributed by atoms with Crippen LogP contribution in [-0.2, 0) is 19.1 Å². The van der Waals surface area contributed by atoms with Gasteiger partial charge < -0.3 is 4.74 Å². The highest BCUT2D eigenvalue weighted by atomic mass is 35.5. The Kier molecular flexibility index (Phi) is 5.02. The molecule has 2 heterocycles. The predicted molar refractivity (Wildman–Crippen MR) is 109 cm³/mol. The van der Waals surface area contributed by atoms with E-state index in [0.717, 1.165) is 4.90 Å². The molecule has 1 saturated heterocycles. The Hall–Kier alpha value is -2.90. The van der Waals surface area contributed by atoms with Gasteiger partial charge in [-0.1, -0.05) is 35.3 Å². The Morgan fingerprint density at radius 1 is 1.07 bits per heavy atom. The van der Waals surface area contributed by atoms with Crippen molar-refractivity contribution >= 4 is 58.1 Å². The zero-order valence-corrected chi connectivity index (χ0v) is 16.7. The summed E-state index contributed by atoms with van der Waals surface area (Å²) >= 11 is 12.2. The van der Waals surface area contributed by atoms with Gasteiger partial charge in [0.15, 0.2) is 5.71 Å². The number of nitrogens with zero attached hydrogens (tertiary/aromatic N) is 3. The largest absolute Gasteiger partial charge is 0.461 e. The van der Waals surface area contributed by atoms with Gasteiger partial charge in [-0.15, -0.1) is 0 Å². The first kappa shape index (κ1) is 19.4. The van der Waals surface area contributed by atoms with E-state index in [9.17, 15) is 14.4 Å². The van der Waals surface area contributed by atoms with Gasteiger partial charge in [0.25, 0.3) is 5.91 Å². The number of fused-ring (bicyclic) bond motifs is 1. The van der Waals surface area contributed by atoms with E-state index in [1.165, 1.54) is 5.01 Å².